The first-order valence-corrected chi connectivity index (χ1v) is 8.66. The van der Waals surface area contributed by atoms with E-state index in [1.54, 1.807) is 11.3 Å². The summed E-state index contributed by atoms with van der Waals surface area (Å²) in [5, 5.41) is 3.60. The van der Waals surface area contributed by atoms with Crippen LogP contribution in [0.2, 0.25) is 4.34 Å². The minimum absolute atomic E-state index is 0.262. The van der Waals surface area contributed by atoms with Gasteiger partial charge in [0.2, 0.25) is 0 Å². The lowest BCUT2D eigenvalue weighted by molar-refractivity contribution is 0.613. The molecule has 0 aromatic carbocycles. The number of halogens is 2. The molecule has 0 saturated heterocycles. The molecule has 1 atom stereocenters. The number of nitrogens with one attached hydrogen (secondary N) is 1. The fraction of sp³-hybridized carbons (Fsp3) is 0.385. The third kappa shape index (κ3) is 3.36. The minimum Gasteiger partial charge on any atom is -0.305 e. The first-order chi connectivity index (χ1) is 8.61. The molecule has 5 heteroatoms. The van der Waals surface area contributed by atoms with Crippen molar-refractivity contribution in [1.82, 2.24) is 5.32 Å². The topological polar surface area (TPSA) is 12.0 Å². The molecule has 0 aliphatic heterocycles. The van der Waals surface area contributed by atoms with E-state index in [-0.39, 0.29) is 6.04 Å². The first kappa shape index (κ1) is 14.5. The van der Waals surface area contributed by atoms with E-state index in [9.17, 15) is 0 Å². The largest absolute Gasteiger partial charge is 0.305 e. The molecule has 2 rings (SSSR count). The van der Waals surface area contributed by atoms with Crippen molar-refractivity contribution in [3.05, 3.63) is 41.6 Å². The van der Waals surface area contributed by atoms with Crippen LogP contribution >= 0.6 is 50.2 Å². The molecule has 0 amide bonds. The van der Waals surface area contributed by atoms with Crippen LogP contribution in [0.1, 0.15) is 34.0 Å². The molecule has 18 heavy (non-hydrogen) atoms. The number of aryl methyl sites for hydroxylation is 1. The lowest BCUT2D eigenvalue weighted by atomic mass is 10.2. The summed E-state index contributed by atoms with van der Waals surface area (Å²) in [6, 6.07) is 6.56. The summed E-state index contributed by atoms with van der Waals surface area (Å²) in [5.74, 6) is 0. The summed E-state index contributed by atoms with van der Waals surface area (Å²) in [6.07, 6.45) is 1.13. The van der Waals surface area contributed by atoms with Gasteiger partial charge in [0.1, 0.15) is 0 Å². The van der Waals surface area contributed by atoms with Crippen LogP contribution in [0.4, 0.5) is 0 Å². The average molecular weight is 365 g/mol. The molecule has 2 heterocycles. The summed E-state index contributed by atoms with van der Waals surface area (Å²) in [5.41, 5.74) is 0. The summed E-state index contributed by atoms with van der Waals surface area (Å²) < 4.78 is 2.04. The molecular formula is C13H15BrClNS2. The van der Waals surface area contributed by atoms with Crippen molar-refractivity contribution < 1.29 is 0 Å². The van der Waals surface area contributed by atoms with Crippen molar-refractivity contribution >= 4 is 50.2 Å². The highest BCUT2D eigenvalue weighted by molar-refractivity contribution is 9.10. The monoisotopic (exact) mass is 363 g/mol. The van der Waals surface area contributed by atoms with E-state index >= 15 is 0 Å². The molecule has 0 fully saturated rings. The van der Waals surface area contributed by atoms with Gasteiger partial charge in [0, 0.05) is 19.1 Å². The second kappa shape index (κ2) is 6.53. The van der Waals surface area contributed by atoms with Gasteiger partial charge in [-0.3, -0.25) is 0 Å². The van der Waals surface area contributed by atoms with E-state index in [4.69, 9.17) is 11.6 Å². The Morgan fingerprint density at radius 3 is 2.61 bits per heavy atom. The Hall–Kier alpha value is 0.130. The second-order valence-electron chi connectivity index (χ2n) is 4.08. The fourth-order valence-electron chi connectivity index (χ4n) is 1.74. The van der Waals surface area contributed by atoms with E-state index in [1.165, 1.54) is 19.1 Å². The predicted molar refractivity (Wildman–Crippen MR) is 86.2 cm³/mol. The maximum absolute atomic E-state index is 6.05. The van der Waals surface area contributed by atoms with E-state index in [0.29, 0.717) is 0 Å². The summed E-state index contributed by atoms with van der Waals surface area (Å²) >= 11 is 13.1. The van der Waals surface area contributed by atoms with Gasteiger partial charge in [-0.2, -0.15) is 0 Å². The second-order valence-corrected chi connectivity index (χ2v) is 7.97. The van der Waals surface area contributed by atoms with Crippen LogP contribution in [0.15, 0.2) is 22.7 Å². The average Bonchev–Trinajstić information content (AvgIpc) is 2.88. The lowest BCUT2D eigenvalue weighted by Crippen LogP contribution is -2.21. The van der Waals surface area contributed by atoms with Crippen LogP contribution in [0.3, 0.4) is 0 Å². The first-order valence-electron chi connectivity index (χ1n) is 5.86. The summed E-state index contributed by atoms with van der Waals surface area (Å²) in [4.78, 5) is 3.93. The van der Waals surface area contributed by atoms with E-state index in [0.717, 1.165) is 17.3 Å². The Morgan fingerprint density at radius 2 is 2.11 bits per heavy atom. The Balaban J connectivity index is 2.30. The zero-order valence-electron chi connectivity index (χ0n) is 10.3. The van der Waals surface area contributed by atoms with Crippen LogP contribution in [-0.2, 0) is 0 Å². The number of thiophene rings is 2. The van der Waals surface area contributed by atoms with Crippen molar-refractivity contribution in [3.63, 3.8) is 0 Å². The van der Waals surface area contributed by atoms with Gasteiger partial charge in [-0.05, 0) is 54.0 Å². The van der Waals surface area contributed by atoms with Crippen molar-refractivity contribution in [2.24, 2.45) is 0 Å². The highest BCUT2D eigenvalue weighted by Gasteiger charge is 2.18. The van der Waals surface area contributed by atoms with Gasteiger partial charge in [0.05, 0.1) is 10.4 Å². The summed E-state index contributed by atoms with van der Waals surface area (Å²) in [6.45, 7) is 5.33. The van der Waals surface area contributed by atoms with Crippen LogP contribution in [0.5, 0.6) is 0 Å². The van der Waals surface area contributed by atoms with E-state index in [2.05, 4.69) is 47.2 Å². The predicted octanol–water partition coefficient (Wildman–Crippen LogP) is 5.62. The van der Waals surface area contributed by atoms with Crippen LogP contribution < -0.4 is 5.32 Å². The van der Waals surface area contributed by atoms with E-state index < -0.39 is 0 Å². The molecule has 1 nitrogen and oxygen atoms in total. The molecule has 0 bridgehead atoms. The Bertz CT molecular complexity index is 501. The molecule has 0 spiro atoms. The van der Waals surface area contributed by atoms with Crippen molar-refractivity contribution in [3.8, 4) is 0 Å². The Morgan fingerprint density at radius 1 is 1.33 bits per heavy atom. The van der Waals surface area contributed by atoms with Gasteiger partial charge in [-0.15, -0.1) is 22.7 Å². The van der Waals surface area contributed by atoms with Gasteiger partial charge in [-0.25, -0.2) is 0 Å². The molecule has 1 N–H and O–H groups in total. The standard InChI is InChI=1S/C13H15BrClNS2/c1-3-6-16-13(10-4-5-12(15)18-10)11-7-9(14)8(2)17-11/h4-5,7,13,16H,3,6H2,1-2H3. The van der Waals surface area contributed by atoms with Gasteiger partial charge in [0.25, 0.3) is 0 Å². The van der Waals surface area contributed by atoms with Crippen molar-refractivity contribution in [2.75, 3.05) is 6.54 Å². The molecular weight excluding hydrogens is 350 g/mol. The van der Waals surface area contributed by atoms with Gasteiger partial charge >= 0.3 is 0 Å². The molecule has 2 aromatic rings. The molecule has 0 aliphatic rings. The zero-order valence-corrected chi connectivity index (χ0v) is 14.3. The molecule has 0 aliphatic carbocycles. The van der Waals surface area contributed by atoms with Gasteiger partial charge in [0.15, 0.2) is 0 Å². The number of hydrogen-bond donors (Lipinski definition) is 1. The SMILES string of the molecule is CCCNC(c1ccc(Cl)s1)c1cc(Br)c(C)s1. The molecule has 2 aromatic heterocycles. The van der Waals surface area contributed by atoms with Crippen molar-refractivity contribution in [2.45, 2.75) is 26.3 Å². The van der Waals surface area contributed by atoms with Gasteiger partial charge < -0.3 is 5.32 Å². The smallest absolute Gasteiger partial charge is 0.0931 e. The minimum atomic E-state index is 0.262. The third-order valence-corrected chi connectivity index (χ3v) is 6.14. The molecule has 0 radical (unpaired) electrons. The molecule has 0 saturated carbocycles. The van der Waals surface area contributed by atoms with Gasteiger partial charge in [-0.1, -0.05) is 18.5 Å². The maximum Gasteiger partial charge on any atom is 0.0931 e. The molecule has 1 unspecified atom stereocenters. The summed E-state index contributed by atoms with van der Waals surface area (Å²) in [7, 11) is 0. The van der Waals surface area contributed by atoms with E-state index in [1.807, 2.05) is 17.4 Å². The lowest BCUT2D eigenvalue weighted by Gasteiger charge is -2.15. The quantitative estimate of drug-likeness (QED) is 0.725. The number of rotatable bonds is 5. The number of hydrogen-bond acceptors (Lipinski definition) is 3. The van der Waals surface area contributed by atoms with Crippen molar-refractivity contribution in [1.29, 1.82) is 0 Å². The van der Waals surface area contributed by atoms with Crippen LogP contribution in [0, 0.1) is 6.92 Å². The van der Waals surface area contributed by atoms with Crippen LogP contribution in [-0.4, -0.2) is 6.54 Å². The normalized spacial score (nSPS) is 12.9. The Labute approximate surface area is 129 Å². The maximum atomic E-state index is 6.05. The molecule has 98 valence electrons. The Kier molecular flexibility index (Phi) is 5.27. The fourth-order valence-corrected chi connectivity index (χ4v) is 4.62. The van der Waals surface area contributed by atoms with Crippen LogP contribution in [0.25, 0.3) is 0 Å². The zero-order chi connectivity index (χ0) is 13.1. The third-order valence-electron chi connectivity index (χ3n) is 2.64. The highest BCUT2D eigenvalue weighted by Crippen LogP contribution is 2.37. The highest BCUT2D eigenvalue weighted by atomic mass is 79.9.